The Balaban J connectivity index is 3.15. The molecule has 0 aliphatic heterocycles. The zero-order chi connectivity index (χ0) is 32.4. The van der Waals surface area contributed by atoms with Gasteiger partial charge in [0.05, 0.1) is 20.0 Å². The van der Waals surface area contributed by atoms with Crippen molar-refractivity contribution in [2.75, 3.05) is 46.3 Å². The van der Waals surface area contributed by atoms with Crippen LogP contribution in [0.25, 0.3) is 0 Å². The lowest BCUT2D eigenvalue weighted by molar-refractivity contribution is 0.113. The maximum absolute atomic E-state index is 5.71. The highest BCUT2D eigenvalue weighted by Gasteiger charge is 1.94. The molecule has 0 amide bonds. The van der Waals surface area contributed by atoms with E-state index in [9.17, 15) is 0 Å². The molecule has 0 radical (unpaired) electrons. The molecule has 0 saturated carbocycles. The Hall–Kier alpha value is -1.01. The van der Waals surface area contributed by atoms with Gasteiger partial charge in [-0.2, -0.15) is 0 Å². The topological polar surface area (TPSA) is 54.9 Å². The number of rotatable bonds is 39. The third kappa shape index (κ3) is 43.0. The van der Waals surface area contributed by atoms with Crippen LogP contribution in [0.5, 0.6) is 0 Å². The quantitative estimate of drug-likeness (QED) is 0.0306. The number of aliphatic imine (C=N–C) groups is 1. The molecule has 0 aromatic carbocycles. The maximum Gasteiger partial charge on any atom is 0.0965 e. The van der Waals surface area contributed by atoms with Gasteiger partial charge in [-0.1, -0.05) is 128 Å². The molecule has 0 fully saturated rings. The molecule has 45 heavy (non-hydrogen) atoms. The summed E-state index contributed by atoms with van der Waals surface area (Å²) in [6, 6.07) is 0. The van der Waals surface area contributed by atoms with Crippen molar-refractivity contribution in [2.45, 2.75) is 181 Å². The molecule has 5 nitrogen and oxygen atoms in total. The second-order valence-electron chi connectivity index (χ2n) is 12.8. The van der Waals surface area contributed by atoms with Gasteiger partial charge in [0.25, 0.3) is 0 Å². The lowest BCUT2D eigenvalue weighted by Crippen LogP contribution is -2.21. The molecule has 0 rings (SSSR count). The van der Waals surface area contributed by atoms with E-state index in [0.717, 1.165) is 52.1 Å². The van der Waals surface area contributed by atoms with Crippen LogP contribution in [0.2, 0.25) is 0 Å². The molecule has 5 heteroatoms. The summed E-state index contributed by atoms with van der Waals surface area (Å²) in [5.41, 5.74) is 0. The van der Waals surface area contributed by atoms with Crippen LogP contribution in [0.15, 0.2) is 29.3 Å². The smallest absolute Gasteiger partial charge is 0.0965 e. The molecule has 0 heterocycles. The van der Waals surface area contributed by atoms with Crippen molar-refractivity contribution in [1.29, 1.82) is 0 Å². The molecule has 0 aromatic rings. The molecular weight excluding hydrogens is 554 g/mol. The van der Waals surface area contributed by atoms with Gasteiger partial charge in [0.15, 0.2) is 0 Å². The average molecular weight is 634 g/mol. The minimum absolute atomic E-state index is 0.638. The Labute approximate surface area is 282 Å². The van der Waals surface area contributed by atoms with Crippen molar-refractivity contribution >= 4 is 6.21 Å². The second-order valence-corrected chi connectivity index (χ2v) is 12.8. The molecule has 0 unspecified atom stereocenters. The van der Waals surface area contributed by atoms with E-state index in [2.05, 4.69) is 60.0 Å². The highest BCUT2D eigenvalue weighted by Crippen LogP contribution is 2.10. The first-order valence-corrected chi connectivity index (χ1v) is 19.8. The van der Waals surface area contributed by atoms with E-state index in [1.54, 1.807) is 0 Å². The standard InChI is InChI=1S/C40H79N3O2/c1-3-5-7-9-11-13-15-17-18-20-22-24-26-28-32-38-45-40-43-36-35-41-33-29-30-34-42-39-44-37-31-27-25-23-21-19-16-14-12-10-8-6-4-2/h17-19,21,33,42-43H,3-16,20,22-32,34-40H2,1-2H3/b18-17-,21-19-,41-33?. The molecule has 0 aliphatic rings. The molecule has 0 aromatic heterocycles. The SMILES string of the molecule is CCCCCCCC/C=C\CCCCCCCOCNCCN=CCCCNCOCCCCC/C=C\CCCCCCCC. The monoisotopic (exact) mass is 634 g/mol. The Kier molecular flexibility index (Phi) is 42.0. The summed E-state index contributed by atoms with van der Waals surface area (Å²) in [4.78, 5) is 4.49. The number of nitrogens with one attached hydrogen (secondary N) is 2. The van der Waals surface area contributed by atoms with Gasteiger partial charge in [-0.15, -0.1) is 0 Å². The van der Waals surface area contributed by atoms with E-state index in [4.69, 9.17) is 9.47 Å². The number of nitrogens with zero attached hydrogens (tertiary/aromatic N) is 1. The van der Waals surface area contributed by atoms with Crippen LogP contribution in [0.4, 0.5) is 0 Å². The van der Waals surface area contributed by atoms with E-state index in [1.165, 1.54) is 148 Å². The zero-order valence-corrected chi connectivity index (χ0v) is 30.5. The summed E-state index contributed by atoms with van der Waals surface area (Å²) in [5, 5.41) is 6.70. The fourth-order valence-electron chi connectivity index (χ4n) is 5.27. The van der Waals surface area contributed by atoms with E-state index in [-0.39, 0.29) is 0 Å². The lowest BCUT2D eigenvalue weighted by atomic mass is 10.1. The minimum Gasteiger partial charge on any atom is -0.366 e. The number of hydrogen-bond donors (Lipinski definition) is 2. The van der Waals surface area contributed by atoms with Crippen LogP contribution in [-0.4, -0.2) is 52.5 Å². The number of hydrogen-bond acceptors (Lipinski definition) is 5. The van der Waals surface area contributed by atoms with Gasteiger partial charge in [-0.05, 0) is 89.8 Å². The number of allylic oxidation sites excluding steroid dienone is 4. The van der Waals surface area contributed by atoms with E-state index in [0.29, 0.717) is 13.5 Å². The van der Waals surface area contributed by atoms with Crippen molar-refractivity contribution in [1.82, 2.24) is 10.6 Å². The largest absolute Gasteiger partial charge is 0.366 e. The average Bonchev–Trinajstić information content (AvgIpc) is 3.05. The first-order chi connectivity index (χ1) is 22.4. The molecule has 0 spiro atoms. The van der Waals surface area contributed by atoms with Gasteiger partial charge in [0, 0.05) is 19.8 Å². The summed E-state index contributed by atoms with van der Waals surface area (Å²) in [5.74, 6) is 0. The van der Waals surface area contributed by atoms with Crippen LogP contribution >= 0.6 is 0 Å². The Morgan fingerprint density at radius 3 is 1.31 bits per heavy atom. The first kappa shape index (κ1) is 44.0. The van der Waals surface area contributed by atoms with Crippen molar-refractivity contribution in [3.8, 4) is 0 Å². The summed E-state index contributed by atoms with van der Waals surface area (Å²) in [6.45, 7) is 10.3. The molecule has 0 atom stereocenters. The Bertz CT molecular complexity index is 608. The normalized spacial score (nSPS) is 12.1. The van der Waals surface area contributed by atoms with Crippen LogP contribution < -0.4 is 10.6 Å². The van der Waals surface area contributed by atoms with Crippen LogP contribution in [-0.2, 0) is 9.47 Å². The molecule has 0 aliphatic carbocycles. The molecule has 266 valence electrons. The zero-order valence-electron chi connectivity index (χ0n) is 30.5. The van der Waals surface area contributed by atoms with Crippen molar-refractivity contribution < 1.29 is 9.47 Å². The number of ether oxygens (including phenoxy) is 2. The van der Waals surface area contributed by atoms with E-state index in [1.807, 2.05) is 0 Å². The summed E-state index contributed by atoms with van der Waals surface area (Å²) in [6.07, 6.45) is 45.6. The lowest BCUT2D eigenvalue weighted by Gasteiger charge is -2.06. The number of unbranched alkanes of at least 4 members (excludes halogenated alkanes) is 21. The molecule has 0 bridgehead atoms. The highest BCUT2D eigenvalue weighted by molar-refractivity contribution is 5.56. The Morgan fingerprint density at radius 1 is 0.422 bits per heavy atom. The van der Waals surface area contributed by atoms with Gasteiger partial charge in [-0.25, -0.2) is 0 Å². The van der Waals surface area contributed by atoms with Crippen LogP contribution in [0.1, 0.15) is 181 Å². The van der Waals surface area contributed by atoms with Crippen molar-refractivity contribution in [3.05, 3.63) is 24.3 Å². The molecule has 2 N–H and O–H groups in total. The van der Waals surface area contributed by atoms with Crippen LogP contribution in [0.3, 0.4) is 0 Å². The van der Waals surface area contributed by atoms with Gasteiger partial charge in [0.1, 0.15) is 0 Å². The summed E-state index contributed by atoms with van der Waals surface area (Å²) in [7, 11) is 0. The highest BCUT2D eigenvalue weighted by atomic mass is 16.5. The minimum atomic E-state index is 0.638. The predicted octanol–water partition coefficient (Wildman–Crippen LogP) is 11.5. The van der Waals surface area contributed by atoms with Gasteiger partial charge >= 0.3 is 0 Å². The fourth-order valence-corrected chi connectivity index (χ4v) is 5.27. The van der Waals surface area contributed by atoms with Gasteiger partial charge in [0.2, 0.25) is 0 Å². The Morgan fingerprint density at radius 2 is 0.822 bits per heavy atom. The predicted molar refractivity (Wildman–Crippen MR) is 201 cm³/mol. The van der Waals surface area contributed by atoms with Crippen molar-refractivity contribution in [2.24, 2.45) is 4.99 Å². The van der Waals surface area contributed by atoms with Crippen LogP contribution in [0, 0.1) is 0 Å². The second kappa shape index (κ2) is 43.0. The first-order valence-electron chi connectivity index (χ1n) is 19.8. The summed E-state index contributed by atoms with van der Waals surface area (Å²) >= 11 is 0. The third-order valence-electron chi connectivity index (χ3n) is 8.24. The van der Waals surface area contributed by atoms with Crippen molar-refractivity contribution in [3.63, 3.8) is 0 Å². The molecule has 0 saturated heterocycles. The van der Waals surface area contributed by atoms with E-state index < -0.39 is 0 Å². The van der Waals surface area contributed by atoms with Gasteiger partial charge < -0.3 is 9.47 Å². The maximum atomic E-state index is 5.71. The van der Waals surface area contributed by atoms with Gasteiger partial charge in [-0.3, -0.25) is 15.6 Å². The summed E-state index contributed by atoms with van der Waals surface area (Å²) < 4.78 is 11.4. The fraction of sp³-hybridized carbons (Fsp3) is 0.875. The molecular formula is C40H79N3O2. The van der Waals surface area contributed by atoms with E-state index >= 15 is 0 Å². The third-order valence-corrected chi connectivity index (χ3v) is 8.24.